The van der Waals surface area contributed by atoms with Gasteiger partial charge in [-0.3, -0.25) is 9.20 Å². The van der Waals surface area contributed by atoms with E-state index < -0.39 is 10.0 Å². The van der Waals surface area contributed by atoms with Crippen molar-refractivity contribution in [2.24, 2.45) is 0 Å². The van der Waals surface area contributed by atoms with Crippen LogP contribution in [0.4, 0.5) is 0 Å². The first-order valence-corrected chi connectivity index (χ1v) is 10.7. The average Bonchev–Trinajstić information content (AvgIpc) is 3.19. The molecule has 1 aliphatic rings. The number of aromatic nitrogens is 3. The van der Waals surface area contributed by atoms with E-state index in [0.717, 1.165) is 0 Å². The Hall–Kier alpha value is -2.82. The molecule has 152 valence electrons. The van der Waals surface area contributed by atoms with E-state index >= 15 is 0 Å². The number of carbonyl (C=O) groups excluding carboxylic acids is 1. The SMILES string of the molecule is C[C@H](NC(=O)c1ccc(S(=O)(=O)N2CCOCC2)cc1)c1nnc2ccccn12. The number of nitrogens with one attached hydrogen (secondary N) is 1. The largest absolute Gasteiger partial charge is 0.379 e. The fourth-order valence-electron chi connectivity index (χ4n) is 3.21. The summed E-state index contributed by atoms with van der Waals surface area (Å²) in [7, 11) is -3.59. The fraction of sp³-hybridized carbons (Fsp3) is 0.316. The standard InChI is InChI=1S/C19H21N5O4S/c1-14(18-22-21-17-4-2-3-9-24(17)18)20-19(25)15-5-7-16(8-6-15)29(26,27)23-10-12-28-13-11-23/h2-9,14H,10-13H2,1H3,(H,20,25)/t14-/m0/s1. The number of amides is 1. The van der Waals surface area contributed by atoms with Gasteiger partial charge in [-0.25, -0.2) is 8.42 Å². The minimum atomic E-state index is -3.59. The molecule has 0 spiro atoms. The molecule has 3 heterocycles. The number of hydrogen-bond acceptors (Lipinski definition) is 6. The normalized spacial score (nSPS) is 16.6. The lowest BCUT2D eigenvalue weighted by Crippen LogP contribution is -2.40. The molecule has 1 amide bonds. The second kappa shape index (κ2) is 7.90. The van der Waals surface area contributed by atoms with Crippen LogP contribution in [-0.2, 0) is 14.8 Å². The third-order valence-corrected chi connectivity index (χ3v) is 6.71. The van der Waals surface area contributed by atoms with Crippen molar-refractivity contribution in [3.63, 3.8) is 0 Å². The van der Waals surface area contributed by atoms with Crippen molar-refractivity contribution >= 4 is 21.6 Å². The molecule has 2 aromatic heterocycles. The van der Waals surface area contributed by atoms with Crippen LogP contribution in [0.1, 0.15) is 29.1 Å². The lowest BCUT2D eigenvalue weighted by atomic mass is 10.2. The summed E-state index contributed by atoms with van der Waals surface area (Å²) in [6.07, 6.45) is 1.83. The molecule has 1 atom stereocenters. The summed E-state index contributed by atoms with van der Waals surface area (Å²) in [6, 6.07) is 11.1. The van der Waals surface area contributed by atoms with Crippen molar-refractivity contribution in [3.05, 3.63) is 60.0 Å². The summed E-state index contributed by atoms with van der Waals surface area (Å²) < 4.78 is 33.8. The minimum Gasteiger partial charge on any atom is -0.379 e. The molecule has 0 aliphatic carbocycles. The molecule has 1 fully saturated rings. The van der Waals surface area contributed by atoms with Gasteiger partial charge in [0.05, 0.1) is 24.2 Å². The maximum absolute atomic E-state index is 12.7. The predicted molar refractivity (Wildman–Crippen MR) is 105 cm³/mol. The van der Waals surface area contributed by atoms with Gasteiger partial charge in [0.15, 0.2) is 11.5 Å². The number of fused-ring (bicyclic) bond motifs is 1. The first-order chi connectivity index (χ1) is 14.0. The monoisotopic (exact) mass is 415 g/mol. The predicted octanol–water partition coefficient (Wildman–Crippen LogP) is 1.24. The Kier molecular flexibility index (Phi) is 5.31. The third-order valence-electron chi connectivity index (χ3n) is 4.80. The molecular formula is C19H21N5O4S. The van der Waals surface area contributed by atoms with Gasteiger partial charge < -0.3 is 10.1 Å². The number of ether oxygens (including phenoxy) is 1. The summed E-state index contributed by atoms with van der Waals surface area (Å²) in [5.41, 5.74) is 1.06. The summed E-state index contributed by atoms with van der Waals surface area (Å²) in [4.78, 5) is 12.8. The molecule has 0 radical (unpaired) electrons. The van der Waals surface area contributed by atoms with Crippen LogP contribution in [0.3, 0.4) is 0 Å². The van der Waals surface area contributed by atoms with Gasteiger partial charge in [0.2, 0.25) is 10.0 Å². The first kappa shape index (κ1) is 19.5. The van der Waals surface area contributed by atoms with Crippen molar-refractivity contribution in [2.45, 2.75) is 17.9 Å². The highest BCUT2D eigenvalue weighted by Crippen LogP contribution is 2.18. The second-order valence-electron chi connectivity index (χ2n) is 6.72. The summed E-state index contributed by atoms with van der Waals surface area (Å²) in [5.74, 6) is 0.293. The van der Waals surface area contributed by atoms with Crippen LogP contribution in [0.25, 0.3) is 5.65 Å². The van der Waals surface area contributed by atoms with Gasteiger partial charge in [-0.15, -0.1) is 10.2 Å². The zero-order chi connectivity index (χ0) is 20.4. The number of rotatable bonds is 5. The lowest BCUT2D eigenvalue weighted by molar-refractivity contribution is 0.0730. The second-order valence-corrected chi connectivity index (χ2v) is 8.66. The van der Waals surface area contributed by atoms with Crippen molar-refractivity contribution in [1.29, 1.82) is 0 Å². The number of morpholine rings is 1. The van der Waals surface area contributed by atoms with Crippen LogP contribution in [0.2, 0.25) is 0 Å². The van der Waals surface area contributed by atoms with Crippen molar-refractivity contribution < 1.29 is 17.9 Å². The number of sulfonamides is 1. The van der Waals surface area contributed by atoms with Crippen LogP contribution in [-0.4, -0.2) is 59.5 Å². The van der Waals surface area contributed by atoms with E-state index in [4.69, 9.17) is 4.74 Å². The molecule has 4 rings (SSSR count). The molecule has 10 heteroatoms. The van der Waals surface area contributed by atoms with E-state index in [0.29, 0.717) is 43.3 Å². The summed E-state index contributed by atoms with van der Waals surface area (Å²) in [5, 5.41) is 11.1. The zero-order valence-electron chi connectivity index (χ0n) is 15.9. The van der Waals surface area contributed by atoms with Gasteiger partial charge in [-0.2, -0.15) is 4.31 Å². The van der Waals surface area contributed by atoms with Gasteiger partial charge in [0.25, 0.3) is 5.91 Å². The molecule has 0 unspecified atom stereocenters. The molecule has 29 heavy (non-hydrogen) atoms. The van der Waals surface area contributed by atoms with E-state index in [1.165, 1.54) is 28.6 Å². The number of carbonyl (C=O) groups is 1. The van der Waals surface area contributed by atoms with Gasteiger partial charge in [0, 0.05) is 24.8 Å². The summed E-state index contributed by atoms with van der Waals surface area (Å²) >= 11 is 0. The zero-order valence-corrected chi connectivity index (χ0v) is 16.7. The molecule has 1 N–H and O–H groups in total. The van der Waals surface area contributed by atoms with Crippen LogP contribution in [0, 0.1) is 0 Å². The Bertz CT molecular complexity index is 1120. The molecule has 1 saturated heterocycles. The Balaban J connectivity index is 1.48. The number of hydrogen-bond donors (Lipinski definition) is 1. The number of pyridine rings is 1. The van der Waals surface area contributed by atoms with Crippen molar-refractivity contribution in [2.75, 3.05) is 26.3 Å². The van der Waals surface area contributed by atoms with E-state index in [1.807, 2.05) is 35.7 Å². The third kappa shape index (κ3) is 3.86. The molecule has 3 aromatic rings. The smallest absolute Gasteiger partial charge is 0.251 e. The van der Waals surface area contributed by atoms with Crippen LogP contribution >= 0.6 is 0 Å². The summed E-state index contributed by atoms with van der Waals surface area (Å²) in [6.45, 7) is 3.24. The molecule has 9 nitrogen and oxygen atoms in total. The van der Waals surface area contributed by atoms with E-state index in [1.54, 1.807) is 0 Å². The Morgan fingerprint density at radius 1 is 1.10 bits per heavy atom. The van der Waals surface area contributed by atoms with Crippen molar-refractivity contribution in [1.82, 2.24) is 24.2 Å². The van der Waals surface area contributed by atoms with E-state index in [2.05, 4.69) is 15.5 Å². The number of benzene rings is 1. The Morgan fingerprint density at radius 3 is 2.55 bits per heavy atom. The average molecular weight is 415 g/mol. The maximum atomic E-state index is 12.7. The number of nitrogens with zero attached hydrogens (tertiary/aromatic N) is 4. The van der Waals surface area contributed by atoms with Gasteiger partial charge in [-0.1, -0.05) is 6.07 Å². The molecule has 0 saturated carbocycles. The van der Waals surface area contributed by atoms with Gasteiger partial charge >= 0.3 is 0 Å². The lowest BCUT2D eigenvalue weighted by Gasteiger charge is -2.26. The Labute approximate surface area is 168 Å². The van der Waals surface area contributed by atoms with Gasteiger partial charge in [-0.05, 0) is 43.3 Å². The van der Waals surface area contributed by atoms with Crippen LogP contribution in [0.15, 0.2) is 53.6 Å². The van der Waals surface area contributed by atoms with E-state index in [9.17, 15) is 13.2 Å². The van der Waals surface area contributed by atoms with Crippen LogP contribution in [0.5, 0.6) is 0 Å². The highest BCUT2D eigenvalue weighted by molar-refractivity contribution is 7.89. The fourth-order valence-corrected chi connectivity index (χ4v) is 4.62. The van der Waals surface area contributed by atoms with E-state index in [-0.39, 0.29) is 16.8 Å². The highest BCUT2D eigenvalue weighted by Gasteiger charge is 2.26. The van der Waals surface area contributed by atoms with Crippen molar-refractivity contribution in [3.8, 4) is 0 Å². The topological polar surface area (TPSA) is 106 Å². The molecular weight excluding hydrogens is 394 g/mol. The van der Waals surface area contributed by atoms with Gasteiger partial charge in [0.1, 0.15) is 0 Å². The molecule has 1 aromatic carbocycles. The highest BCUT2D eigenvalue weighted by atomic mass is 32.2. The molecule has 1 aliphatic heterocycles. The quantitative estimate of drug-likeness (QED) is 0.672. The first-order valence-electron chi connectivity index (χ1n) is 9.25. The Morgan fingerprint density at radius 2 is 1.83 bits per heavy atom. The molecule has 0 bridgehead atoms. The van der Waals surface area contributed by atoms with Crippen LogP contribution < -0.4 is 5.32 Å². The maximum Gasteiger partial charge on any atom is 0.251 e. The minimum absolute atomic E-state index is 0.160.